The van der Waals surface area contributed by atoms with Crippen molar-refractivity contribution >= 4 is 5.97 Å². The fraction of sp³-hybridized carbons (Fsp3) is 0.278. The van der Waals surface area contributed by atoms with E-state index in [0.717, 1.165) is 18.7 Å². The van der Waals surface area contributed by atoms with Crippen molar-refractivity contribution < 1.29 is 9.90 Å². The third kappa shape index (κ3) is 4.17. The molecule has 0 radical (unpaired) electrons. The van der Waals surface area contributed by atoms with Gasteiger partial charge in [0.05, 0.1) is 5.56 Å². The summed E-state index contributed by atoms with van der Waals surface area (Å²) in [6.07, 6.45) is 0. The van der Waals surface area contributed by atoms with Crippen molar-refractivity contribution in [3.63, 3.8) is 0 Å². The molecular formula is C18H21NO2. The lowest BCUT2D eigenvalue weighted by Gasteiger charge is -2.17. The molecule has 0 saturated carbocycles. The molecule has 3 nitrogen and oxygen atoms in total. The highest BCUT2D eigenvalue weighted by Crippen LogP contribution is 2.13. The van der Waals surface area contributed by atoms with Crippen LogP contribution in [-0.4, -0.2) is 23.0 Å². The zero-order valence-electron chi connectivity index (χ0n) is 12.8. The normalized spacial score (nSPS) is 10.9. The molecule has 1 N–H and O–H groups in total. The van der Waals surface area contributed by atoms with E-state index in [1.807, 2.05) is 12.1 Å². The van der Waals surface area contributed by atoms with Gasteiger partial charge in [-0.1, -0.05) is 30.3 Å². The molecule has 0 aliphatic rings. The standard InChI is InChI=1S/C18H21NO2/c1-13-4-5-16(10-14(13)2)12-19(3)11-15-6-8-17(9-7-15)18(20)21/h4-10H,11-12H2,1-3H3,(H,20,21). The summed E-state index contributed by atoms with van der Waals surface area (Å²) in [5, 5.41) is 8.89. The summed E-state index contributed by atoms with van der Waals surface area (Å²) >= 11 is 0. The average Bonchev–Trinajstić information content (AvgIpc) is 2.43. The van der Waals surface area contributed by atoms with Crippen molar-refractivity contribution in [2.24, 2.45) is 0 Å². The Balaban J connectivity index is 1.99. The minimum atomic E-state index is -0.884. The first-order valence-electron chi connectivity index (χ1n) is 7.02. The lowest BCUT2D eigenvalue weighted by Crippen LogP contribution is -2.17. The van der Waals surface area contributed by atoms with Crippen molar-refractivity contribution in [1.82, 2.24) is 4.90 Å². The minimum absolute atomic E-state index is 0.329. The third-order valence-electron chi connectivity index (χ3n) is 3.68. The molecule has 0 saturated heterocycles. The van der Waals surface area contributed by atoms with Crippen LogP contribution in [0.1, 0.15) is 32.6 Å². The molecule has 0 aliphatic carbocycles. The van der Waals surface area contributed by atoms with E-state index in [4.69, 9.17) is 5.11 Å². The lowest BCUT2D eigenvalue weighted by atomic mass is 10.1. The fourth-order valence-corrected chi connectivity index (χ4v) is 2.33. The third-order valence-corrected chi connectivity index (χ3v) is 3.68. The zero-order valence-corrected chi connectivity index (χ0v) is 12.8. The van der Waals surface area contributed by atoms with Crippen LogP contribution in [0.3, 0.4) is 0 Å². The second kappa shape index (κ2) is 6.55. The smallest absolute Gasteiger partial charge is 0.335 e. The van der Waals surface area contributed by atoms with Crippen molar-refractivity contribution in [2.75, 3.05) is 7.05 Å². The van der Waals surface area contributed by atoms with Gasteiger partial charge in [-0.25, -0.2) is 4.79 Å². The van der Waals surface area contributed by atoms with Crippen LogP contribution < -0.4 is 0 Å². The van der Waals surface area contributed by atoms with Crippen molar-refractivity contribution in [1.29, 1.82) is 0 Å². The second-order valence-electron chi connectivity index (χ2n) is 5.59. The Morgan fingerprint density at radius 3 is 2.10 bits per heavy atom. The van der Waals surface area contributed by atoms with Gasteiger partial charge < -0.3 is 5.11 Å². The Hall–Kier alpha value is -2.13. The molecule has 0 aromatic heterocycles. The van der Waals surface area contributed by atoms with Crippen LogP contribution in [0.2, 0.25) is 0 Å². The molecular weight excluding hydrogens is 262 g/mol. The Kier molecular flexibility index (Phi) is 4.76. The van der Waals surface area contributed by atoms with Gasteiger partial charge >= 0.3 is 5.97 Å². The molecule has 110 valence electrons. The monoisotopic (exact) mass is 283 g/mol. The average molecular weight is 283 g/mol. The van der Waals surface area contributed by atoms with E-state index in [-0.39, 0.29) is 0 Å². The quantitative estimate of drug-likeness (QED) is 0.911. The predicted octanol–water partition coefficient (Wildman–Crippen LogP) is 3.63. The number of aryl methyl sites for hydroxylation is 2. The Labute approximate surface area is 125 Å². The number of carboxylic acids is 1. The number of hydrogen-bond donors (Lipinski definition) is 1. The topological polar surface area (TPSA) is 40.5 Å². The van der Waals surface area contributed by atoms with E-state index < -0.39 is 5.97 Å². The summed E-state index contributed by atoms with van der Waals surface area (Å²) < 4.78 is 0. The van der Waals surface area contributed by atoms with Gasteiger partial charge in [-0.2, -0.15) is 0 Å². The van der Waals surface area contributed by atoms with E-state index in [2.05, 4.69) is 44.0 Å². The summed E-state index contributed by atoms with van der Waals surface area (Å²) in [7, 11) is 2.07. The Morgan fingerprint density at radius 2 is 1.52 bits per heavy atom. The molecule has 2 aromatic rings. The predicted molar refractivity (Wildman–Crippen MR) is 84.5 cm³/mol. The first-order chi connectivity index (χ1) is 9.95. The number of hydrogen-bond acceptors (Lipinski definition) is 2. The van der Waals surface area contributed by atoms with Crippen molar-refractivity contribution in [2.45, 2.75) is 26.9 Å². The van der Waals surface area contributed by atoms with Gasteiger partial charge in [-0.3, -0.25) is 4.90 Å². The van der Waals surface area contributed by atoms with Crippen LogP contribution in [0.15, 0.2) is 42.5 Å². The number of carbonyl (C=O) groups is 1. The largest absolute Gasteiger partial charge is 0.478 e. The van der Waals surface area contributed by atoms with E-state index >= 15 is 0 Å². The fourth-order valence-electron chi connectivity index (χ4n) is 2.33. The molecule has 0 spiro atoms. The first kappa shape index (κ1) is 15.3. The maximum absolute atomic E-state index is 10.8. The molecule has 2 rings (SSSR count). The molecule has 0 atom stereocenters. The van der Waals surface area contributed by atoms with E-state index in [0.29, 0.717) is 5.56 Å². The molecule has 0 unspecified atom stereocenters. The number of benzene rings is 2. The van der Waals surface area contributed by atoms with Gasteiger partial charge in [0.2, 0.25) is 0 Å². The molecule has 0 amide bonds. The van der Waals surface area contributed by atoms with Crippen molar-refractivity contribution in [3.8, 4) is 0 Å². The van der Waals surface area contributed by atoms with E-state index in [1.54, 1.807) is 12.1 Å². The van der Waals surface area contributed by atoms with Gasteiger partial charge in [0.15, 0.2) is 0 Å². The number of aromatic carboxylic acids is 1. The number of nitrogens with zero attached hydrogens (tertiary/aromatic N) is 1. The number of rotatable bonds is 5. The van der Waals surface area contributed by atoms with Crippen LogP contribution in [0, 0.1) is 13.8 Å². The van der Waals surface area contributed by atoms with Crippen LogP contribution >= 0.6 is 0 Å². The summed E-state index contributed by atoms with van der Waals surface area (Å²) in [5.74, 6) is -0.884. The van der Waals surface area contributed by atoms with Gasteiger partial charge in [-0.05, 0) is 55.3 Å². The molecule has 0 bridgehead atoms. The molecule has 2 aromatic carbocycles. The second-order valence-corrected chi connectivity index (χ2v) is 5.59. The van der Waals surface area contributed by atoms with Crippen LogP contribution in [0.4, 0.5) is 0 Å². The van der Waals surface area contributed by atoms with Crippen LogP contribution in [0.25, 0.3) is 0 Å². The highest BCUT2D eigenvalue weighted by atomic mass is 16.4. The molecule has 0 heterocycles. The SMILES string of the molecule is Cc1ccc(CN(C)Cc2ccc(C(=O)O)cc2)cc1C. The molecule has 0 aliphatic heterocycles. The van der Waals surface area contributed by atoms with E-state index in [9.17, 15) is 4.79 Å². The first-order valence-corrected chi connectivity index (χ1v) is 7.02. The summed E-state index contributed by atoms with van der Waals surface area (Å²) in [4.78, 5) is 13.0. The van der Waals surface area contributed by atoms with Gasteiger partial charge in [0.1, 0.15) is 0 Å². The molecule has 3 heteroatoms. The maximum Gasteiger partial charge on any atom is 0.335 e. The highest BCUT2D eigenvalue weighted by Gasteiger charge is 2.05. The minimum Gasteiger partial charge on any atom is -0.478 e. The Bertz CT molecular complexity index is 632. The van der Waals surface area contributed by atoms with Gasteiger partial charge in [0, 0.05) is 13.1 Å². The van der Waals surface area contributed by atoms with Gasteiger partial charge in [0.25, 0.3) is 0 Å². The molecule has 21 heavy (non-hydrogen) atoms. The summed E-state index contributed by atoms with van der Waals surface area (Å²) in [6.45, 7) is 5.92. The zero-order chi connectivity index (χ0) is 15.4. The van der Waals surface area contributed by atoms with Crippen molar-refractivity contribution in [3.05, 3.63) is 70.3 Å². The maximum atomic E-state index is 10.8. The lowest BCUT2D eigenvalue weighted by molar-refractivity contribution is 0.0697. The summed E-state index contributed by atoms with van der Waals surface area (Å²) in [6, 6.07) is 13.6. The van der Waals surface area contributed by atoms with Crippen LogP contribution in [0.5, 0.6) is 0 Å². The Morgan fingerprint density at radius 1 is 0.952 bits per heavy atom. The van der Waals surface area contributed by atoms with E-state index in [1.165, 1.54) is 16.7 Å². The van der Waals surface area contributed by atoms with Gasteiger partial charge in [-0.15, -0.1) is 0 Å². The number of carboxylic acid groups (broad SMARTS) is 1. The van der Waals surface area contributed by atoms with Crippen LogP contribution in [-0.2, 0) is 13.1 Å². The highest BCUT2D eigenvalue weighted by molar-refractivity contribution is 5.87. The summed E-state index contributed by atoms with van der Waals surface area (Å²) in [5.41, 5.74) is 5.36. The molecule has 0 fully saturated rings.